The molecule has 3 rings (SSSR count). The fraction of sp³-hybridized carbons (Fsp3) is 0.579. The summed E-state index contributed by atoms with van der Waals surface area (Å²) in [5.74, 6) is -1.36. The lowest BCUT2D eigenvalue weighted by Crippen LogP contribution is -2.48. The molecule has 0 bridgehead atoms. The number of amides is 1. The van der Waals surface area contributed by atoms with Gasteiger partial charge in [-0.1, -0.05) is 6.42 Å². The number of aliphatic carboxylic acids is 1. The van der Waals surface area contributed by atoms with Crippen LogP contribution in [0.4, 0.5) is 0 Å². The van der Waals surface area contributed by atoms with E-state index in [9.17, 15) is 23.1 Å². The molecule has 0 radical (unpaired) electrons. The Balaban J connectivity index is 1.80. The molecule has 1 aromatic carbocycles. The van der Waals surface area contributed by atoms with Crippen LogP contribution in [0.15, 0.2) is 29.2 Å². The lowest BCUT2D eigenvalue weighted by atomic mass is 10.0. The molecule has 2 aliphatic rings. The number of rotatable bonds is 4. The SMILES string of the molecule is CC1CCCCN1S(=O)(=O)c1ccc(C(=O)N2CCCC[C@@H]2C(=O)O)cc1. The van der Waals surface area contributed by atoms with Gasteiger partial charge in [-0.25, -0.2) is 13.2 Å². The zero-order chi connectivity index (χ0) is 19.6. The highest BCUT2D eigenvalue weighted by atomic mass is 32.2. The van der Waals surface area contributed by atoms with Gasteiger partial charge in [0.25, 0.3) is 5.91 Å². The number of likely N-dealkylation sites (tertiary alicyclic amines) is 1. The number of carboxylic acid groups (broad SMARTS) is 1. The quantitative estimate of drug-likeness (QED) is 0.846. The lowest BCUT2D eigenvalue weighted by Gasteiger charge is -2.33. The molecular weight excluding hydrogens is 368 g/mol. The molecule has 0 saturated carbocycles. The predicted molar refractivity (Wildman–Crippen MR) is 100.0 cm³/mol. The number of hydrogen-bond donors (Lipinski definition) is 1. The monoisotopic (exact) mass is 394 g/mol. The summed E-state index contributed by atoms with van der Waals surface area (Å²) in [6.45, 7) is 2.83. The molecule has 2 aliphatic heterocycles. The minimum absolute atomic E-state index is 0.0327. The summed E-state index contributed by atoms with van der Waals surface area (Å²) in [4.78, 5) is 25.7. The van der Waals surface area contributed by atoms with Gasteiger partial charge < -0.3 is 10.0 Å². The minimum Gasteiger partial charge on any atom is -0.480 e. The van der Waals surface area contributed by atoms with Crippen LogP contribution in [0.2, 0.25) is 0 Å². The van der Waals surface area contributed by atoms with Gasteiger partial charge in [0.15, 0.2) is 0 Å². The van der Waals surface area contributed by atoms with Crippen molar-refractivity contribution in [2.45, 2.75) is 62.4 Å². The fourth-order valence-electron chi connectivity index (χ4n) is 3.93. The van der Waals surface area contributed by atoms with Gasteiger partial charge in [0.2, 0.25) is 10.0 Å². The van der Waals surface area contributed by atoms with Gasteiger partial charge >= 0.3 is 5.97 Å². The van der Waals surface area contributed by atoms with E-state index in [0.29, 0.717) is 25.1 Å². The van der Waals surface area contributed by atoms with Crippen LogP contribution in [-0.2, 0) is 14.8 Å². The summed E-state index contributed by atoms with van der Waals surface area (Å²) >= 11 is 0. The number of carboxylic acids is 1. The smallest absolute Gasteiger partial charge is 0.326 e. The van der Waals surface area contributed by atoms with E-state index in [1.165, 1.54) is 33.5 Å². The third-order valence-electron chi connectivity index (χ3n) is 5.50. The van der Waals surface area contributed by atoms with E-state index in [2.05, 4.69) is 0 Å². The normalized spacial score (nSPS) is 24.6. The third kappa shape index (κ3) is 4.01. The molecule has 2 saturated heterocycles. The van der Waals surface area contributed by atoms with Gasteiger partial charge in [0.05, 0.1) is 4.90 Å². The Morgan fingerprint density at radius 3 is 2.26 bits per heavy atom. The topological polar surface area (TPSA) is 95.0 Å². The van der Waals surface area contributed by atoms with E-state index < -0.39 is 22.0 Å². The van der Waals surface area contributed by atoms with Crippen molar-refractivity contribution in [3.05, 3.63) is 29.8 Å². The molecule has 148 valence electrons. The molecule has 1 aromatic rings. The average molecular weight is 394 g/mol. The first-order chi connectivity index (χ1) is 12.8. The van der Waals surface area contributed by atoms with Gasteiger partial charge in [-0.15, -0.1) is 0 Å². The van der Waals surface area contributed by atoms with Crippen LogP contribution in [0.25, 0.3) is 0 Å². The van der Waals surface area contributed by atoms with Crippen molar-refractivity contribution in [2.24, 2.45) is 0 Å². The van der Waals surface area contributed by atoms with E-state index in [1.807, 2.05) is 6.92 Å². The van der Waals surface area contributed by atoms with Crippen LogP contribution in [0.1, 0.15) is 55.8 Å². The Kier molecular flexibility index (Phi) is 5.86. The highest BCUT2D eigenvalue weighted by molar-refractivity contribution is 7.89. The second-order valence-electron chi connectivity index (χ2n) is 7.33. The average Bonchev–Trinajstić information content (AvgIpc) is 2.67. The first kappa shape index (κ1) is 19.8. The fourth-order valence-corrected chi connectivity index (χ4v) is 5.63. The molecule has 2 fully saturated rings. The van der Waals surface area contributed by atoms with Crippen LogP contribution in [-0.4, -0.2) is 59.8 Å². The second kappa shape index (κ2) is 7.98. The van der Waals surface area contributed by atoms with Gasteiger partial charge in [-0.2, -0.15) is 4.31 Å². The van der Waals surface area contributed by atoms with Crippen molar-refractivity contribution in [3.63, 3.8) is 0 Å². The minimum atomic E-state index is -3.59. The summed E-state index contributed by atoms with van der Waals surface area (Å²) in [6, 6.07) is 5.01. The molecule has 2 heterocycles. The van der Waals surface area contributed by atoms with E-state index in [-0.39, 0.29) is 16.8 Å². The summed E-state index contributed by atoms with van der Waals surface area (Å²) in [6.07, 6.45) is 4.73. The van der Waals surface area contributed by atoms with Gasteiger partial charge in [0.1, 0.15) is 6.04 Å². The molecule has 1 unspecified atom stereocenters. The van der Waals surface area contributed by atoms with Crippen LogP contribution < -0.4 is 0 Å². The Labute approximate surface area is 160 Å². The van der Waals surface area contributed by atoms with E-state index in [1.54, 1.807) is 0 Å². The van der Waals surface area contributed by atoms with Crippen molar-refractivity contribution in [3.8, 4) is 0 Å². The van der Waals surface area contributed by atoms with Crippen molar-refractivity contribution in [1.82, 2.24) is 9.21 Å². The molecule has 2 atom stereocenters. The first-order valence-corrected chi connectivity index (χ1v) is 10.9. The lowest BCUT2D eigenvalue weighted by molar-refractivity contribution is -0.143. The third-order valence-corrected chi connectivity index (χ3v) is 7.53. The highest BCUT2D eigenvalue weighted by Crippen LogP contribution is 2.26. The standard InChI is InChI=1S/C19H26N2O5S/c1-14-6-2-5-13-21(14)27(25,26)16-10-8-15(9-11-16)18(22)20-12-4-3-7-17(20)19(23)24/h8-11,14,17H,2-7,12-13H2,1H3,(H,23,24)/t14?,17-/m1/s1. The Morgan fingerprint density at radius 1 is 1.00 bits per heavy atom. The van der Waals surface area contributed by atoms with Crippen LogP contribution in [0.5, 0.6) is 0 Å². The van der Waals surface area contributed by atoms with Crippen LogP contribution in [0.3, 0.4) is 0 Å². The first-order valence-electron chi connectivity index (χ1n) is 9.48. The van der Waals surface area contributed by atoms with E-state index in [4.69, 9.17) is 0 Å². The summed E-state index contributed by atoms with van der Waals surface area (Å²) in [5.41, 5.74) is 0.314. The number of piperidine rings is 2. The number of sulfonamides is 1. The van der Waals surface area contributed by atoms with Gasteiger partial charge in [-0.05, 0) is 63.3 Å². The number of nitrogens with zero attached hydrogens (tertiary/aromatic N) is 2. The predicted octanol–water partition coefficient (Wildman–Crippen LogP) is 2.33. The van der Waals surface area contributed by atoms with Crippen LogP contribution >= 0.6 is 0 Å². The zero-order valence-corrected chi connectivity index (χ0v) is 16.3. The van der Waals surface area contributed by atoms with Crippen LogP contribution in [0, 0.1) is 0 Å². The summed E-state index contributed by atoms with van der Waals surface area (Å²) < 4.78 is 27.3. The molecule has 8 heteroatoms. The van der Waals surface area contributed by atoms with E-state index >= 15 is 0 Å². The maximum atomic E-state index is 12.9. The maximum Gasteiger partial charge on any atom is 0.326 e. The molecule has 0 spiro atoms. The van der Waals surface area contributed by atoms with Crippen molar-refractivity contribution in [2.75, 3.05) is 13.1 Å². The number of carbonyl (C=O) groups is 2. The molecule has 7 nitrogen and oxygen atoms in total. The van der Waals surface area contributed by atoms with Crippen molar-refractivity contribution < 1.29 is 23.1 Å². The van der Waals surface area contributed by atoms with Crippen molar-refractivity contribution >= 4 is 21.9 Å². The zero-order valence-electron chi connectivity index (χ0n) is 15.5. The highest BCUT2D eigenvalue weighted by Gasteiger charge is 2.33. The summed E-state index contributed by atoms with van der Waals surface area (Å²) in [7, 11) is -3.59. The largest absolute Gasteiger partial charge is 0.480 e. The Hall–Kier alpha value is -1.93. The van der Waals surface area contributed by atoms with Crippen molar-refractivity contribution in [1.29, 1.82) is 0 Å². The number of benzene rings is 1. The molecule has 0 aliphatic carbocycles. The molecule has 1 amide bonds. The molecule has 27 heavy (non-hydrogen) atoms. The maximum absolute atomic E-state index is 12.9. The van der Waals surface area contributed by atoms with E-state index in [0.717, 1.165) is 32.1 Å². The summed E-state index contributed by atoms with van der Waals surface area (Å²) in [5, 5.41) is 9.35. The Morgan fingerprint density at radius 2 is 1.63 bits per heavy atom. The number of carbonyl (C=O) groups excluding carboxylic acids is 1. The molecule has 0 aromatic heterocycles. The molecule has 1 N–H and O–H groups in total. The van der Waals surface area contributed by atoms with Gasteiger partial charge in [0, 0.05) is 24.7 Å². The molecular formula is C19H26N2O5S. The van der Waals surface area contributed by atoms with Gasteiger partial charge in [-0.3, -0.25) is 4.79 Å². The number of hydrogen-bond acceptors (Lipinski definition) is 4. The Bertz CT molecular complexity index is 806. The second-order valence-corrected chi connectivity index (χ2v) is 9.22.